The molecule has 30 heavy (non-hydrogen) atoms. The third-order valence-corrected chi connectivity index (χ3v) is 5.85. The number of aryl methyl sites for hydroxylation is 2. The van der Waals surface area contributed by atoms with Gasteiger partial charge in [0.05, 0.1) is 0 Å². The molecular formula is C25H33BrN2O2. The molecular weight excluding hydrogens is 440 g/mol. The summed E-state index contributed by atoms with van der Waals surface area (Å²) in [6, 6.07) is 15.8. The van der Waals surface area contributed by atoms with Gasteiger partial charge in [0.25, 0.3) is 0 Å². The van der Waals surface area contributed by atoms with E-state index in [2.05, 4.69) is 59.4 Å². The van der Waals surface area contributed by atoms with Crippen molar-refractivity contribution in [1.29, 1.82) is 0 Å². The first-order chi connectivity index (χ1) is 14.4. The highest BCUT2D eigenvalue weighted by molar-refractivity contribution is 9.10. The van der Waals surface area contributed by atoms with Crippen molar-refractivity contribution in [2.24, 2.45) is 0 Å². The van der Waals surface area contributed by atoms with Crippen molar-refractivity contribution in [2.75, 3.05) is 6.54 Å². The van der Waals surface area contributed by atoms with E-state index in [-0.39, 0.29) is 11.8 Å². The Morgan fingerprint density at radius 3 is 2.17 bits per heavy atom. The molecule has 0 aliphatic carbocycles. The van der Waals surface area contributed by atoms with Gasteiger partial charge >= 0.3 is 0 Å². The molecule has 0 radical (unpaired) electrons. The molecule has 2 aromatic rings. The number of carbonyl (C=O) groups excluding carboxylic acids is 2. The van der Waals surface area contributed by atoms with Crippen LogP contribution in [0, 0.1) is 0 Å². The Kier molecular flexibility index (Phi) is 10.1. The number of nitrogens with zero attached hydrogens (tertiary/aromatic N) is 1. The molecule has 0 unspecified atom stereocenters. The molecule has 2 aromatic carbocycles. The Hall–Kier alpha value is -2.14. The lowest BCUT2D eigenvalue weighted by Gasteiger charge is -2.29. The van der Waals surface area contributed by atoms with E-state index in [0.717, 1.165) is 34.9 Å². The van der Waals surface area contributed by atoms with E-state index in [1.54, 1.807) is 4.90 Å². The van der Waals surface area contributed by atoms with Crippen LogP contribution in [0.3, 0.4) is 0 Å². The van der Waals surface area contributed by atoms with Gasteiger partial charge in [-0.3, -0.25) is 9.59 Å². The number of carbonyl (C=O) groups is 2. The maximum absolute atomic E-state index is 13.1. The monoisotopic (exact) mass is 472 g/mol. The molecule has 0 aliphatic heterocycles. The Balaban J connectivity index is 2.08. The van der Waals surface area contributed by atoms with Gasteiger partial charge in [0.2, 0.25) is 11.8 Å². The lowest BCUT2D eigenvalue weighted by atomic mass is 10.0. The number of rotatable bonds is 11. The van der Waals surface area contributed by atoms with Crippen molar-refractivity contribution in [3.63, 3.8) is 0 Å². The van der Waals surface area contributed by atoms with Crippen LogP contribution >= 0.6 is 15.9 Å². The van der Waals surface area contributed by atoms with Gasteiger partial charge in [0.1, 0.15) is 6.04 Å². The zero-order chi connectivity index (χ0) is 21.9. The second-order valence-corrected chi connectivity index (χ2v) is 8.55. The molecule has 2 amide bonds. The molecule has 0 saturated carbocycles. The van der Waals surface area contributed by atoms with Gasteiger partial charge < -0.3 is 10.2 Å². The number of benzene rings is 2. The standard InChI is InChI=1S/C25H33BrN2O2/c1-4-6-17-27-25(30)19(3)28(18-22-11-14-23(26)15-12-22)24(29)16-13-21-9-7-20(5-2)8-10-21/h7-12,14-15,19H,4-6,13,16-18H2,1-3H3,(H,27,30)/t19-/m1/s1. The van der Waals surface area contributed by atoms with E-state index in [0.29, 0.717) is 25.9 Å². The van der Waals surface area contributed by atoms with E-state index >= 15 is 0 Å². The topological polar surface area (TPSA) is 49.4 Å². The minimum atomic E-state index is -0.513. The fourth-order valence-corrected chi connectivity index (χ4v) is 3.51. The SMILES string of the molecule is CCCCNC(=O)[C@@H](C)N(Cc1ccc(Br)cc1)C(=O)CCc1ccc(CC)cc1. The fraction of sp³-hybridized carbons (Fsp3) is 0.440. The summed E-state index contributed by atoms with van der Waals surface area (Å²) in [7, 11) is 0. The van der Waals surface area contributed by atoms with Crippen LogP contribution in [0.2, 0.25) is 0 Å². The number of hydrogen-bond acceptors (Lipinski definition) is 2. The van der Waals surface area contributed by atoms with Crippen molar-refractivity contribution >= 4 is 27.7 Å². The highest BCUT2D eigenvalue weighted by atomic mass is 79.9. The number of unbranched alkanes of at least 4 members (excludes halogenated alkanes) is 1. The third kappa shape index (κ3) is 7.60. The first kappa shape index (κ1) is 24.1. The van der Waals surface area contributed by atoms with Crippen molar-refractivity contribution < 1.29 is 9.59 Å². The predicted molar refractivity (Wildman–Crippen MR) is 126 cm³/mol. The van der Waals surface area contributed by atoms with Crippen LogP contribution < -0.4 is 5.32 Å². The number of amides is 2. The fourth-order valence-electron chi connectivity index (χ4n) is 3.24. The van der Waals surface area contributed by atoms with Crippen molar-refractivity contribution in [3.8, 4) is 0 Å². The van der Waals surface area contributed by atoms with Gasteiger partial charge in [-0.2, -0.15) is 0 Å². The van der Waals surface area contributed by atoms with Gasteiger partial charge in [0.15, 0.2) is 0 Å². The number of halogens is 1. The summed E-state index contributed by atoms with van der Waals surface area (Å²) >= 11 is 3.44. The second-order valence-electron chi connectivity index (χ2n) is 7.64. The molecule has 0 aliphatic rings. The second kappa shape index (κ2) is 12.5. The van der Waals surface area contributed by atoms with Crippen LogP contribution in [0.5, 0.6) is 0 Å². The summed E-state index contributed by atoms with van der Waals surface area (Å²) in [6.07, 6.45) is 4.02. The number of nitrogens with one attached hydrogen (secondary N) is 1. The molecule has 162 valence electrons. The number of hydrogen-bond donors (Lipinski definition) is 1. The van der Waals surface area contributed by atoms with E-state index < -0.39 is 6.04 Å². The van der Waals surface area contributed by atoms with Crippen molar-refractivity contribution in [2.45, 2.75) is 65.5 Å². The van der Waals surface area contributed by atoms with Crippen LogP contribution in [0.4, 0.5) is 0 Å². The van der Waals surface area contributed by atoms with Crippen molar-refractivity contribution in [3.05, 3.63) is 69.7 Å². The molecule has 0 saturated heterocycles. The quantitative estimate of drug-likeness (QED) is 0.452. The zero-order valence-corrected chi connectivity index (χ0v) is 19.9. The molecule has 0 bridgehead atoms. The van der Waals surface area contributed by atoms with Gasteiger partial charge in [-0.25, -0.2) is 0 Å². The first-order valence-corrected chi connectivity index (χ1v) is 11.6. The molecule has 1 atom stereocenters. The Morgan fingerprint density at radius 1 is 0.967 bits per heavy atom. The van der Waals surface area contributed by atoms with Crippen LogP contribution in [0.1, 0.15) is 56.7 Å². The third-order valence-electron chi connectivity index (χ3n) is 5.32. The maximum Gasteiger partial charge on any atom is 0.242 e. The zero-order valence-electron chi connectivity index (χ0n) is 18.3. The molecule has 0 aromatic heterocycles. The largest absolute Gasteiger partial charge is 0.354 e. The lowest BCUT2D eigenvalue weighted by Crippen LogP contribution is -2.47. The van der Waals surface area contributed by atoms with Crippen LogP contribution in [-0.2, 0) is 29.0 Å². The molecule has 0 spiro atoms. The molecule has 4 nitrogen and oxygen atoms in total. The minimum Gasteiger partial charge on any atom is -0.354 e. The van der Waals surface area contributed by atoms with Gasteiger partial charge in [0, 0.05) is 24.0 Å². The molecule has 0 fully saturated rings. The van der Waals surface area contributed by atoms with Gasteiger partial charge in [-0.05, 0) is 55.0 Å². The molecule has 2 rings (SSSR count). The minimum absolute atomic E-state index is 0.00405. The summed E-state index contributed by atoms with van der Waals surface area (Å²) in [6.45, 7) is 7.10. The van der Waals surface area contributed by atoms with Crippen LogP contribution in [0.25, 0.3) is 0 Å². The molecule has 5 heteroatoms. The molecule has 1 N–H and O–H groups in total. The predicted octanol–water partition coefficient (Wildman–Crippen LogP) is 5.28. The van der Waals surface area contributed by atoms with Gasteiger partial charge in [-0.1, -0.05) is 72.6 Å². The van der Waals surface area contributed by atoms with E-state index in [9.17, 15) is 9.59 Å². The Bertz CT molecular complexity index is 803. The van der Waals surface area contributed by atoms with Crippen LogP contribution in [0.15, 0.2) is 53.0 Å². The Labute approximate surface area is 189 Å². The van der Waals surface area contributed by atoms with Gasteiger partial charge in [-0.15, -0.1) is 0 Å². The normalized spacial score (nSPS) is 11.7. The highest BCUT2D eigenvalue weighted by Gasteiger charge is 2.25. The smallest absolute Gasteiger partial charge is 0.242 e. The maximum atomic E-state index is 13.1. The highest BCUT2D eigenvalue weighted by Crippen LogP contribution is 2.16. The van der Waals surface area contributed by atoms with E-state index in [1.807, 2.05) is 31.2 Å². The average molecular weight is 473 g/mol. The summed E-state index contributed by atoms with van der Waals surface area (Å²) < 4.78 is 0.991. The van der Waals surface area contributed by atoms with E-state index in [1.165, 1.54) is 5.56 Å². The van der Waals surface area contributed by atoms with E-state index in [4.69, 9.17) is 0 Å². The average Bonchev–Trinajstić information content (AvgIpc) is 2.77. The van der Waals surface area contributed by atoms with Crippen molar-refractivity contribution in [1.82, 2.24) is 10.2 Å². The summed E-state index contributed by atoms with van der Waals surface area (Å²) in [5.41, 5.74) is 3.44. The first-order valence-electron chi connectivity index (χ1n) is 10.8. The summed E-state index contributed by atoms with van der Waals surface area (Å²) in [4.78, 5) is 27.5. The lowest BCUT2D eigenvalue weighted by molar-refractivity contribution is -0.140. The molecule has 0 heterocycles. The summed E-state index contributed by atoms with van der Waals surface area (Å²) in [5, 5.41) is 2.96. The van der Waals surface area contributed by atoms with Crippen LogP contribution in [-0.4, -0.2) is 29.3 Å². The summed E-state index contributed by atoms with van der Waals surface area (Å²) in [5.74, 6) is -0.100. The Morgan fingerprint density at radius 2 is 1.57 bits per heavy atom.